The number of carbonyl (C=O) groups is 2. The molecule has 1 fully saturated rings. The lowest BCUT2D eigenvalue weighted by Crippen LogP contribution is -2.30. The predicted octanol–water partition coefficient (Wildman–Crippen LogP) is 5.02. The van der Waals surface area contributed by atoms with Crippen molar-refractivity contribution in [1.29, 1.82) is 0 Å². The number of Topliss-reactive ketones (excluding diaryl/α,β-unsaturated/α-hetero) is 1. The van der Waals surface area contributed by atoms with Crippen LogP contribution in [0.1, 0.15) is 62.3 Å². The minimum absolute atomic E-state index is 0.134. The molecule has 2 aliphatic rings. The van der Waals surface area contributed by atoms with Gasteiger partial charge >= 0.3 is 0 Å². The second-order valence-corrected chi connectivity index (χ2v) is 8.54. The molecule has 0 radical (unpaired) electrons. The maximum Gasteiger partial charge on any atom is 0.295 e. The highest BCUT2D eigenvalue weighted by atomic mass is 16.5. The van der Waals surface area contributed by atoms with Gasteiger partial charge in [-0.1, -0.05) is 32.4 Å². The highest BCUT2D eigenvalue weighted by Gasteiger charge is 2.45. The zero-order valence-corrected chi connectivity index (χ0v) is 19.3. The summed E-state index contributed by atoms with van der Waals surface area (Å²) in [5.74, 6) is 0.190. The van der Waals surface area contributed by atoms with Gasteiger partial charge in [0, 0.05) is 12.1 Å². The number of hydrogen-bond donors (Lipinski definition) is 1. The van der Waals surface area contributed by atoms with Crippen LogP contribution < -0.4 is 9.47 Å². The summed E-state index contributed by atoms with van der Waals surface area (Å²) in [6.45, 7) is 5.84. The molecule has 2 aliphatic heterocycles. The number of hydrogen-bond acceptors (Lipinski definition) is 5. The summed E-state index contributed by atoms with van der Waals surface area (Å²) in [4.78, 5) is 27.7. The van der Waals surface area contributed by atoms with Crippen molar-refractivity contribution in [3.63, 3.8) is 0 Å². The second-order valence-electron chi connectivity index (χ2n) is 8.54. The molecule has 2 heterocycles. The molecule has 2 aromatic carbocycles. The van der Waals surface area contributed by atoms with Gasteiger partial charge in [0.1, 0.15) is 17.3 Å². The van der Waals surface area contributed by atoms with Gasteiger partial charge in [-0.25, -0.2) is 0 Å². The average molecular weight is 450 g/mol. The highest BCUT2D eigenvalue weighted by Crippen LogP contribution is 2.40. The van der Waals surface area contributed by atoms with Crippen molar-refractivity contribution in [2.45, 2.75) is 52.0 Å². The standard InChI is InChI=1S/C27H31NO5/c1-3-5-14-28-24(18-8-11-21(12-9-18)32-15-4-2)23(26(30)27(28)31)25(29)20-10-13-22-19(17-20)7-6-16-33-22/h8-13,17,24,29H,3-7,14-16H2,1-2H3/b25-23-. The first-order valence-corrected chi connectivity index (χ1v) is 11.8. The van der Waals surface area contributed by atoms with Crippen LogP contribution in [0.25, 0.3) is 5.76 Å². The first-order chi connectivity index (χ1) is 16.0. The Kier molecular flexibility index (Phi) is 7.02. The first-order valence-electron chi connectivity index (χ1n) is 11.8. The molecule has 0 bridgehead atoms. The van der Waals surface area contributed by atoms with Gasteiger partial charge in [0.2, 0.25) is 0 Å². The third-order valence-electron chi connectivity index (χ3n) is 6.14. The van der Waals surface area contributed by atoms with Gasteiger partial charge in [-0.3, -0.25) is 9.59 Å². The molecular weight excluding hydrogens is 418 g/mol. The molecule has 2 aromatic rings. The fraction of sp³-hybridized carbons (Fsp3) is 0.407. The van der Waals surface area contributed by atoms with Gasteiger partial charge < -0.3 is 19.5 Å². The molecule has 0 aromatic heterocycles. The number of amides is 1. The van der Waals surface area contributed by atoms with Crippen LogP contribution in [0.15, 0.2) is 48.0 Å². The number of benzene rings is 2. The quantitative estimate of drug-likeness (QED) is 0.348. The Morgan fingerprint density at radius 2 is 1.91 bits per heavy atom. The number of carbonyl (C=O) groups excluding carboxylic acids is 2. The summed E-state index contributed by atoms with van der Waals surface area (Å²) in [5.41, 5.74) is 2.44. The number of nitrogens with zero attached hydrogens (tertiary/aromatic N) is 1. The molecule has 4 rings (SSSR count). The minimum atomic E-state index is -0.645. The zero-order chi connectivity index (χ0) is 23.4. The number of fused-ring (bicyclic) bond motifs is 1. The molecule has 1 atom stereocenters. The number of ether oxygens (including phenoxy) is 2. The number of aliphatic hydroxyl groups excluding tert-OH is 1. The third kappa shape index (κ3) is 4.61. The minimum Gasteiger partial charge on any atom is -0.507 e. The number of ketones is 1. The van der Waals surface area contributed by atoms with E-state index < -0.39 is 17.7 Å². The van der Waals surface area contributed by atoms with E-state index >= 15 is 0 Å². The number of aryl methyl sites for hydroxylation is 1. The van der Waals surface area contributed by atoms with Crippen molar-refractivity contribution in [3.8, 4) is 11.5 Å². The predicted molar refractivity (Wildman–Crippen MR) is 126 cm³/mol. The van der Waals surface area contributed by atoms with Crippen molar-refractivity contribution < 1.29 is 24.2 Å². The summed E-state index contributed by atoms with van der Waals surface area (Å²) in [6, 6.07) is 12.2. The van der Waals surface area contributed by atoms with E-state index in [0.717, 1.165) is 54.7 Å². The van der Waals surface area contributed by atoms with E-state index in [1.54, 1.807) is 11.0 Å². The van der Waals surface area contributed by atoms with Crippen LogP contribution in [0.2, 0.25) is 0 Å². The van der Waals surface area contributed by atoms with Crippen LogP contribution in [-0.4, -0.2) is 41.5 Å². The van der Waals surface area contributed by atoms with Gasteiger partial charge in [-0.05, 0) is 67.1 Å². The van der Waals surface area contributed by atoms with Crippen molar-refractivity contribution in [2.24, 2.45) is 0 Å². The molecule has 0 aliphatic carbocycles. The Balaban J connectivity index is 1.76. The third-order valence-corrected chi connectivity index (χ3v) is 6.14. The Labute approximate surface area is 194 Å². The van der Waals surface area contributed by atoms with Crippen LogP contribution in [0, 0.1) is 0 Å². The zero-order valence-electron chi connectivity index (χ0n) is 19.3. The molecule has 0 saturated carbocycles. The topological polar surface area (TPSA) is 76.1 Å². The van der Waals surface area contributed by atoms with Gasteiger partial charge in [-0.15, -0.1) is 0 Å². The fourth-order valence-corrected chi connectivity index (χ4v) is 4.42. The summed E-state index contributed by atoms with van der Waals surface area (Å²) < 4.78 is 11.4. The van der Waals surface area contributed by atoms with Gasteiger partial charge in [0.05, 0.1) is 24.8 Å². The normalized spacial score (nSPS) is 19.3. The lowest BCUT2D eigenvalue weighted by atomic mass is 9.94. The molecule has 1 amide bonds. The Hall–Kier alpha value is -3.28. The smallest absolute Gasteiger partial charge is 0.295 e. The van der Waals surface area contributed by atoms with Crippen LogP contribution in [0.5, 0.6) is 11.5 Å². The molecule has 1 unspecified atom stereocenters. The van der Waals surface area contributed by atoms with E-state index in [2.05, 4.69) is 0 Å². The van der Waals surface area contributed by atoms with Crippen molar-refractivity contribution in [2.75, 3.05) is 19.8 Å². The second kappa shape index (κ2) is 10.1. The van der Waals surface area contributed by atoms with Gasteiger partial charge in [-0.2, -0.15) is 0 Å². The van der Waals surface area contributed by atoms with E-state index in [-0.39, 0.29) is 11.3 Å². The maximum absolute atomic E-state index is 13.1. The average Bonchev–Trinajstić information content (AvgIpc) is 3.10. The molecule has 6 heteroatoms. The lowest BCUT2D eigenvalue weighted by molar-refractivity contribution is -0.139. The largest absolute Gasteiger partial charge is 0.507 e. The van der Waals surface area contributed by atoms with Crippen molar-refractivity contribution >= 4 is 17.4 Å². The van der Waals surface area contributed by atoms with Crippen LogP contribution >= 0.6 is 0 Å². The Bertz CT molecular complexity index is 1060. The summed E-state index contributed by atoms with van der Waals surface area (Å²) in [7, 11) is 0. The van der Waals surface area contributed by atoms with Crippen molar-refractivity contribution in [1.82, 2.24) is 4.90 Å². The molecular formula is C27H31NO5. The van der Waals surface area contributed by atoms with Crippen molar-refractivity contribution in [3.05, 3.63) is 64.7 Å². The summed E-state index contributed by atoms with van der Waals surface area (Å²) in [6.07, 6.45) is 4.33. The van der Waals surface area contributed by atoms with E-state index in [1.165, 1.54) is 0 Å². The first kappa shape index (κ1) is 22.9. The number of rotatable bonds is 8. The monoisotopic (exact) mass is 449 g/mol. The van der Waals surface area contributed by atoms with E-state index in [4.69, 9.17) is 9.47 Å². The molecule has 1 N–H and O–H groups in total. The Morgan fingerprint density at radius 3 is 2.64 bits per heavy atom. The lowest BCUT2D eigenvalue weighted by Gasteiger charge is -2.25. The molecule has 1 saturated heterocycles. The molecule has 174 valence electrons. The molecule has 0 spiro atoms. The number of likely N-dealkylation sites (tertiary alicyclic amines) is 1. The van der Waals surface area contributed by atoms with Crippen LogP contribution in [0.4, 0.5) is 0 Å². The van der Waals surface area contributed by atoms with Crippen LogP contribution in [-0.2, 0) is 16.0 Å². The molecule has 33 heavy (non-hydrogen) atoms. The fourth-order valence-electron chi connectivity index (χ4n) is 4.42. The molecule has 6 nitrogen and oxygen atoms in total. The van der Waals surface area contributed by atoms with Crippen LogP contribution in [0.3, 0.4) is 0 Å². The summed E-state index contributed by atoms with van der Waals surface area (Å²) >= 11 is 0. The van der Waals surface area contributed by atoms with E-state index in [1.807, 2.05) is 50.2 Å². The van der Waals surface area contributed by atoms with Gasteiger partial charge in [0.15, 0.2) is 0 Å². The van der Waals surface area contributed by atoms with Gasteiger partial charge in [0.25, 0.3) is 11.7 Å². The van der Waals surface area contributed by atoms with E-state index in [0.29, 0.717) is 25.3 Å². The Morgan fingerprint density at radius 1 is 1.12 bits per heavy atom. The van der Waals surface area contributed by atoms with E-state index in [9.17, 15) is 14.7 Å². The SMILES string of the molecule is CCCCN1C(=O)C(=O)/C(=C(\O)c2ccc3c(c2)CCCO3)C1c1ccc(OCCC)cc1. The summed E-state index contributed by atoms with van der Waals surface area (Å²) in [5, 5.41) is 11.3. The number of unbranched alkanes of at least 4 members (excludes halogenated alkanes) is 1. The number of aliphatic hydroxyl groups is 1. The maximum atomic E-state index is 13.1. The highest BCUT2D eigenvalue weighted by molar-refractivity contribution is 6.46.